The van der Waals surface area contributed by atoms with Crippen molar-refractivity contribution in [3.8, 4) is 0 Å². The monoisotopic (exact) mass is 640 g/mol. The Balaban J connectivity index is -0.000000991. The van der Waals surface area contributed by atoms with E-state index in [0.717, 1.165) is 5.56 Å². The van der Waals surface area contributed by atoms with Gasteiger partial charge in [0.05, 0.1) is 32.5 Å². The third-order valence-corrected chi connectivity index (χ3v) is 8.15. The van der Waals surface area contributed by atoms with Crippen LogP contribution in [-0.4, -0.2) is 50.3 Å². The molecular weight excluding hydrogens is 603 g/mol. The smallest absolute Gasteiger partial charge is 1.00 e. The predicted molar refractivity (Wildman–Crippen MR) is 135 cm³/mol. The van der Waals surface area contributed by atoms with Crippen LogP contribution in [-0.2, 0) is 23.5 Å². The van der Waals surface area contributed by atoms with Crippen molar-refractivity contribution in [3.05, 3.63) is 60.2 Å². The van der Waals surface area contributed by atoms with E-state index >= 15 is 0 Å². The zero-order valence-corrected chi connectivity index (χ0v) is 26.1. The second kappa shape index (κ2) is 18.9. The molecule has 0 aromatic heterocycles. The maximum Gasteiger partial charge on any atom is 2.00 e. The average Bonchev–Trinajstić information content (AvgIpc) is 2.75. The van der Waals surface area contributed by atoms with Gasteiger partial charge in [0.1, 0.15) is 0 Å². The van der Waals surface area contributed by atoms with E-state index in [2.05, 4.69) is 12.1 Å². The molecule has 0 aliphatic carbocycles. The largest absolute Gasteiger partial charge is 2.00 e. The van der Waals surface area contributed by atoms with Crippen molar-refractivity contribution in [2.75, 3.05) is 26.4 Å². The van der Waals surface area contributed by atoms with Gasteiger partial charge >= 0.3 is 23.9 Å². The Hall–Kier alpha value is -0.281. The summed E-state index contributed by atoms with van der Waals surface area (Å²) < 4.78 is 21.8. The average molecular weight is 639 g/mol. The zero-order chi connectivity index (χ0) is 24.3. The molecule has 196 valence electrons. The van der Waals surface area contributed by atoms with Gasteiger partial charge in [-0.2, -0.15) is 0 Å². The molecule has 0 spiro atoms. The van der Waals surface area contributed by atoms with Crippen molar-refractivity contribution >= 4 is 50.4 Å². The fourth-order valence-corrected chi connectivity index (χ4v) is 5.90. The van der Waals surface area contributed by atoms with E-state index in [1.54, 1.807) is 39.8 Å². The van der Waals surface area contributed by atoms with Gasteiger partial charge < -0.3 is 19.2 Å². The first-order valence-corrected chi connectivity index (χ1v) is 13.9. The molecule has 0 atom stereocenters. The van der Waals surface area contributed by atoms with Crippen LogP contribution in [0.15, 0.2) is 42.5 Å². The second-order valence-corrected chi connectivity index (χ2v) is 11.6. The van der Waals surface area contributed by atoms with Crippen molar-refractivity contribution in [3.63, 3.8) is 0 Å². The quantitative estimate of drug-likeness (QED) is 0.212. The van der Waals surface area contributed by atoms with Crippen molar-refractivity contribution in [1.82, 2.24) is 0 Å². The fourth-order valence-electron chi connectivity index (χ4n) is 2.64. The van der Waals surface area contributed by atoms with E-state index in [9.17, 15) is 9.79 Å². The Morgan fingerprint density at radius 1 is 0.714 bits per heavy atom. The molecular formula is C24H36F2O6P2Sn. The van der Waals surface area contributed by atoms with Crippen LogP contribution in [0.3, 0.4) is 0 Å². The first-order valence-electron chi connectivity index (χ1n) is 10.8. The van der Waals surface area contributed by atoms with Crippen LogP contribution in [0, 0.1) is 12.1 Å². The minimum atomic E-state index is -3.59. The van der Waals surface area contributed by atoms with E-state index in [4.69, 9.17) is 18.1 Å². The SMILES string of the molecule is CCO[P+]([O-])(OCC)c1[c]c([P+]([O-])(OCC)OCC)cc(C(C)(C)C)c1.[F-].[F-].[Sn+2].[c]1ccccc1. The van der Waals surface area contributed by atoms with E-state index in [-0.39, 0.29) is 75.8 Å². The fraction of sp³-hybridized carbons (Fsp3) is 0.500. The van der Waals surface area contributed by atoms with E-state index in [0.29, 0.717) is 0 Å². The third-order valence-electron chi connectivity index (χ3n) is 4.10. The molecule has 0 heterocycles. The molecule has 0 bridgehead atoms. The summed E-state index contributed by atoms with van der Waals surface area (Å²) >= 11 is 0. The standard InChI is InChI=1S/C18H31O6P2.C6H5.2FH.Sn/c1-8-21-25(19,22-9-2)16-12-15(18(5,6)7)13-17(14-16)26(20,23-10-3)24-11-4;1-2-4-6-5-3-1;;;/h12-13H,8-11H2,1-7H3;1-5H;2*1H;/q;;;;+2/p-2. The Labute approximate surface area is 227 Å². The number of hydrogen-bond donors (Lipinski definition) is 0. The van der Waals surface area contributed by atoms with Crippen molar-refractivity contribution in [2.45, 2.75) is 53.9 Å². The van der Waals surface area contributed by atoms with Crippen molar-refractivity contribution in [2.24, 2.45) is 0 Å². The molecule has 0 unspecified atom stereocenters. The zero-order valence-electron chi connectivity index (χ0n) is 21.5. The van der Waals surface area contributed by atoms with Gasteiger partial charge in [-0.25, -0.2) is 18.1 Å². The van der Waals surface area contributed by atoms with Crippen LogP contribution >= 0.6 is 15.9 Å². The molecule has 0 fully saturated rings. The molecule has 2 aromatic rings. The van der Waals surface area contributed by atoms with Crippen LogP contribution in [0.2, 0.25) is 0 Å². The van der Waals surface area contributed by atoms with Crippen LogP contribution in [0.5, 0.6) is 0 Å². The summed E-state index contributed by atoms with van der Waals surface area (Å²) in [5, 5.41) is 0.478. The molecule has 6 nitrogen and oxygen atoms in total. The summed E-state index contributed by atoms with van der Waals surface area (Å²) in [6.45, 7) is 13.9. The van der Waals surface area contributed by atoms with Crippen LogP contribution in [0.25, 0.3) is 0 Å². The molecule has 4 radical (unpaired) electrons. The molecule has 0 saturated carbocycles. The summed E-state index contributed by atoms with van der Waals surface area (Å²) in [7, 11) is -7.18. The van der Waals surface area contributed by atoms with Gasteiger partial charge in [-0.05, 0) is 56.9 Å². The number of halogens is 2. The number of hydrogen-bond acceptors (Lipinski definition) is 6. The van der Waals surface area contributed by atoms with Crippen LogP contribution in [0.4, 0.5) is 0 Å². The van der Waals surface area contributed by atoms with Crippen LogP contribution in [0.1, 0.15) is 54.0 Å². The summed E-state index contributed by atoms with van der Waals surface area (Å²) in [5.41, 5.74) is 0.533. The van der Waals surface area contributed by atoms with Gasteiger partial charge in [-0.1, -0.05) is 51.1 Å². The Morgan fingerprint density at radius 2 is 1.06 bits per heavy atom. The maximum absolute atomic E-state index is 13.2. The molecule has 2 rings (SSSR count). The van der Waals surface area contributed by atoms with Gasteiger partial charge in [-0.15, -0.1) is 0 Å². The Morgan fingerprint density at radius 3 is 1.26 bits per heavy atom. The molecule has 0 amide bonds. The third kappa shape index (κ3) is 12.7. The summed E-state index contributed by atoms with van der Waals surface area (Å²) in [6, 6.07) is 18.9. The first kappa shape index (κ1) is 39.2. The molecule has 0 saturated heterocycles. The second-order valence-electron chi connectivity index (χ2n) is 7.63. The molecule has 35 heavy (non-hydrogen) atoms. The maximum atomic E-state index is 13.2. The normalized spacial score (nSPS) is 11.2. The van der Waals surface area contributed by atoms with Gasteiger partial charge in [-0.3, -0.25) is 0 Å². The number of rotatable bonds is 10. The minimum Gasteiger partial charge on any atom is -1.00 e. The molecule has 11 heteroatoms. The molecule has 0 aliphatic rings. The van der Waals surface area contributed by atoms with Crippen molar-refractivity contribution < 1.29 is 37.3 Å². The molecule has 2 aromatic carbocycles. The van der Waals surface area contributed by atoms with E-state index < -0.39 is 15.9 Å². The molecule has 0 aliphatic heterocycles. The summed E-state index contributed by atoms with van der Waals surface area (Å²) in [5.74, 6) is 0. The predicted octanol–water partition coefficient (Wildman–Crippen LogP) is -2.46. The summed E-state index contributed by atoms with van der Waals surface area (Å²) in [6.07, 6.45) is 0. The number of benzene rings is 2. The first-order chi connectivity index (χ1) is 15.1. The Kier molecular flexibility index (Phi) is 21.2. The topological polar surface area (TPSA) is 83.0 Å². The van der Waals surface area contributed by atoms with Crippen molar-refractivity contribution in [1.29, 1.82) is 0 Å². The van der Waals surface area contributed by atoms with E-state index in [1.807, 2.05) is 51.1 Å². The minimum absolute atomic E-state index is 0. The van der Waals surface area contributed by atoms with Crippen LogP contribution < -0.4 is 29.8 Å². The summed E-state index contributed by atoms with van der Waals surface area (Å²) in [4.78, 5) is 26.5. The molecule has 0 N–H and O–H groups in total. The van der Waals surface area contributed by atoms with Gasteiger partial charge in [0, 0.05) is 0 Å². The van der Waals surface area contributed by atoms with Gasteiger partial charge in [0.15, 0.2) is 10.6 Å². The van der Waals surface area contributed by atoms with Gasteiger partial charge in [0.25, 0.3) is 15.9 Å². The van der Waals surface area contributed by atoms with E-state index in [1.165, 1.54) is 0 Å². The Bertz CT molecular complexity index is 718. The van der Waals surface area contributed by atoms with Gasteiger partial charge in [0.2, 0.25) is 0 Å².